The molecule has 1 amide bonds. The van der Waals surface area contributed by atoms with Crippen molar-refractivity contribution in [3.8, 4) is 11.5 Å². The van der Waals surface area contributed by atoms with Gasteiger partial charge in [-0.15, -0.1) is 0 Å². The molecule has 5 N–H and O–H groups in total. The number of nitrogens with one attached hydrogen (secondary N) is 1. The van der Waals surface area contributed by atoms with E-state index in [1.165, 1.54) is 18.2 Å². The summed E-state index contributed by atoms with van der Waals surface area (Å²) in [6.07, 6.45) is 1.57. The van der Waals surface area contributed by atoms with Crippen molar-refractivity contribution >= 4 is 5.91 Å². The zero-order valence-electron chi connectivity index (χ0n) is 9.81. The molecule has 0 radical (unpaired) electrons. The Labute approximate surface area is 100 Å². The van der Waals surface area contributed by atoms with Crippen LogP contribution in [-0.4, -0.2) is 28.7 Å². The second kappa shape index (κ2) is 6.10. The SMILES string of the molecule is CC(CCCN)NC(=O)c1c(O)cccc1O. The van der Waals surface area contributed by atoms with Crippen molar-refractivity contribution < 1.29 is 15.0 Å². The van der Waals surface area contributed by atoms with Gasteiger partial charge in [-0.25, -0.2) is 0 Å². The molecule has 1 aromatic rings. The number of rotatable bonds is 5. The van der Waals surface area contributed by atoms with Crippen LogP contribution in [0.15, 0.2) is 18.2 Å². The highest BCUT2D eigenvalue weighted by atomic mass is 16.3. The lowest BCUT2D eigenvalue weighted by Gasteiger charge is -2.14. The second-order valence-corrected chi connectivity index (χ2v) is 3.98. The summed E-state index contributed by atoms with van der Waals surface area (Å²) in [4.78, 5) is 11.8. The molecule has 94 valence electrons. The fourth-order valence-electron chi connectivity index (χ4n) is 1.55. The molecule has 0 aliphatic carbocycles. The number of hydrogen-bond acceptors (Lipinski definition) is 4. The first-order valence-corrected chi connectivity index (χ1v) is 5.58. The Bertz CT molecular complexity index is 373. The van der Waals surface area contributed by atoms with Gasteiger partial charge in [0.15, 0.2) is 0 Å². The van der Waals surface area contributed by atoms with Crippen LogP contribution in [0.3, 0.4) is 0 Å². The number of phenols is 2. The van der Waals surface area contributed by atoms with E-state index in [1.807, 2.05) is 6.92 Å². The van der Waals surface area contributed by atoms with E-state index in [0.29, 0.717) is 6.54 Å². The first-order valence-electron chi connectivity index (χ1n) is 5.58. The van der Waals surface area contributed by atoms with Crippen LogP contribution in [0, 0.1) is 0 Å². The van der Waals surface area contributed by atoms with E-state index in [9.17, 15) is 15.0 Å². The van der Waals surface area contributed by atoms with E-state index >= 15 is 0 Å². The quantitative estimate of drug-likeness (QED) is 0.614. The average Bonchev–Trinajstić information content (AvgIpc) is 2.26. The lowest BCUT2D eigenvalue weighted by molar-refractivity contribution is 0.0932. The van der Waals surface area contributed by atoms with Crippen molar-refractivity contribution in [2.45, 2.75) is 25.8 Å². The third kappa shape index (κ3) is 3.64. The molecule has 0 aliphatic rings. The molecule has 0 spiro atoms. The number of amides is 1. The molecule has 0 heterocycles. The Balaban J connectivity index is 2.70. The Morgan fingerprint density at radius 3 is 2.53 bits per heavy atom. The molecule has 0 aliphatic heterocycles. The Hall–Kier alpha value is -1.75. The summed E-state index contributed by atoms with van der Waals surface area (Å²) in [6.45, 7) is 2.42. The summed E-state index contributed by atoms with van der Waals surface area (Å²) >= 11 is 0. The van der Waals surface area contributed by atoms with Crippen LogP contribution in [0.25, 0.3) is 0 Å². The molecule has 5 heteroatoms. The molecule has 5 nitrogen and oxygen atoms in total. The molecule has 1 aromatic carbocycles. The van der Waals surface area contributed by atoms with Crippen molar-refractivity contribution in [2.24, 2.45) is 5.73 Å². The standard InChI is InChI=1S/C12H18N2O3/c1-8(4-3-7-13)14-12(17)11-9(15)5-2-6-10(11)16/h2,5-6,8,15-16H,3-4,7,13H2,1H3,(H,14,17). The lowest BCUT2D eigenvalue weighted by atomic mass is 10.1. The number of aromatic hydroxyl groups is 2. The maximum atomic E-state index is 11.8. The van der Waals surface area contributed by atoms with Crippen LogP contribution in [0.5, 0.6) is 11.5 Å². The first-order chi connectivity index (χ1) is 8.06. The summed E-state index contributed by atoms with van der Waals surface area (Å²) in [7, 11) is 0. The third-order valence-electron chi connectivity index (χ3n) is 2.47. The predicted molar refractivity (Wildman–Crippen MR) is 65.0 cm³/mol. The highest BCUT2D eigenvalue weighted by Gasteiger charge is 2.17. The molecule has 0 saturated carbocycles. The third-order valence-corrected chi connectivity index (χ3v) is 2.47. The number of hydrogen-bond donors (Lipinski definition) is 4. The molecule has 0 fully saturated rings. The second-order valence-electron chi connectivity index (χ2n) is 3.98. The van der Waals surface area contributed by atoms with Gasteiger partial charge in [-0.1, -0.05) is 6.07 Å². The van der Waals surface area contributed by atoms with Gasteiger partial charge in [-0.05, 0) is 38.4 Å². The molecule has 0 saturated heterocycles. The van der Waals surface area contributed by atoms with Gasteiger partial charge < -0.3 is 21.3 Å². The molecule has 0 aromatic heterocycles. The van der Waals surface area contributed by atoms with Crippen LogP contribution >= 0.6 is 0 Å². The maximum Gasteiger partial charge on any atom is 0.259 e. The molecular weight excluding hydrogens is 220 g/mol. The van der Waals surface area contributed by atoms with Crippen LogP contribution < -0.4 is 11.1 Å². The highest BCUT2D eigenvalue weighted by Crippen LogP contribution is 2.25. The van der Waals surface area contributed by atoms with E-state index in [-0.39, 0.29) is 23.1 Å². The zero-order chi connectivity index (χ0) is 12.8. The van der Waals surface area contributed by atoms with Crippen molar-refractivity contribution in [3.63, 3.8) is 0 Å². The van der Waals surface area contributed by atoms with Gasteiger partial charge >= 0.3 is 0 Å². The number of nitrogens with two attached hydrogens (primary N) is 1. The Kier molecular flexibility index (Phi) is 4.78. The van der Waals surface area contributed by atoms with Crippen molar-refractivity contribution in [3.05, 3.63) is 23.8 Å². The smallest absolute Gasteiger partial charge is 0.259 e. The monoisotopic (exact) mass is 238 g/mol. The van der Waals surface area contributed by atoms with E-state index in [0.717, 1.165) is 12.8 Å². The van der Waals surface area contributed by atoms with Gasteiger partial charge in [0, 0.05) is 6.04 Å². The van der Waals surface area contributed by atoms with Crippen molar-refractivity contribution in [2.75, 3.05) is 6.54 Å². The minimum Gasteiger partial charge on any atom is -0.507 e. The molecular formula is C12H18N2O3. The number of carbonyl (C=O) groups is 1. The molecule has 0 bridgehead atoms. The number of benzene rings is 1. The number of carbonyl (C=O) groups excluding carboxylic acids is 1. The lowest BCUT2D eigenvalue weighted by Crippen LogP contribution is -2.33. The van der Waals surface area contributed by atoms with Gasteiger partial charge in [0.2, 0.25) is 0 Å². The van der Waals surface area contributed by atoms with Crippen molar-refractivity contribution in [1.29, 1.82) is 0 Å². The van der Waals surface area contributed by atoms with Gasteiger partial charge in [0.1, 0.15) is 17.1 Å². The Morgan fingerprint density at radius 1 is 1.41 bits per heavy atom. The largest absolute Gasteiger partial charge is 0.507 e. The minimum atomic E-state index is -0.481. The zero-order valence-corrected chi connectivity index (χ0v) is 9.81. The molecule has 1 atom stereocenters. The Morgan fingerprint density at radius 2 is 2.00 bits per heavy atom. The summed E-state index contributed by atoms with van der Waals surface area (Å²) in [5.74, 6) is -0.938. The summed E-state index contributed by atoms with van der Waals surface area (Å²) in [5.41, 5.74) is 5.28. The summed E-state index contributed by atoms with van der Waals surface area (Å²) in [6, 6.07) is 4.14. The van der Waals surface area contributed by atoms with Crippen LogP contribution in [0.4, 0.5) is 0 Å². The van der Waals surface area contributed by atoms with E-state index in [1.54, 1.807) is 0 Å². The van der Waals surface area contributed by atoms with Crippen LogP contribution in [-0.2, 0) is 0 Å². The topological polar surface area (TPSA) is 95.6 Å². The first kappa shape index (κ1) is 13.3. The molecule has 1 rings (SSSR count). The fraction of sp³-hybridized carbons (Fsp3) is 0.417. The minimum absolute atomic E-state index is 0.0509. The fourth-order valence-corrected chi connectivity index (χ4v) is 1.55. The maximum absolute atomic E-state index is 11.8. The highest BCUT2D eigenvalue weighted by molar-refractivity contribution is 5.99. The van der Waals surface area contributed by atoms with Gasteiger partial charge in [-0.3, -0.25) is 4.79 Å². The predicted octanol–water partition coefficient (Wildman–Crippen LogP) is 0.955. The van der Waals surface area contributed by atoms with Crippen LogP contribution in [0.2, 0.25) is 0 Å². The summed E-state index contributed by atoms with van der Waals surface area (Å²) in [5, 5.41) is 21.7. The summed E-state index contributed by atoms with van der Waals surface area (Å²) < 4.78 is 0. The van der Waals surface area contributed by atoms with Crippen molar-refractivity contribution in [1.82, 2.24) is 5.32 Å². The molecule has 1 unspecified atom stereocenters. The number of phenolic OH excluding ortho intramolecular Hbond substituents is 2. The van der Waals surface area contributed by atoms with E-state index in [2.05, 4.69) is 5.32 Å². The van der Waals surface area contributed by atoms with E-state index in [4.69, 9.17) is 5.73 Å². The van der Waals surface area contributed by atoms with Gasteiger partial charge in [-0.2, -0.15) is 0 Å². The average molecular weight is 238 g/mol. The van der Waals surface area contributed by atoms with Crippen LogP contribution in [0.1, 0.15) is 30.1 Å². The normalized spacial score (nSPS) is 12.1. The molecule has 17 heavy (non-hydrogen) atoms. The van der Waals surface area contributed by atoms with Gasteiger partial charge in [0.25, 0.3) is 5.91 Å². The van der Waals surface area contributed by atoms with Gasteiger partial charge in [0.05, 0.1) is 0 Å². The van der Waals surface area contributed by atoms with E-state index < -0.39 is 5.91 Å².